The zero-order valence-corrected chi connectivity index (χ0v) is 11.3. The zero-order chi connectivity index (χ0) is 15.1. The molecule has 1 rings (SSSR count). The quantitative estimate of drug-likeness (QED) is 0.435. The maximum atomic E-state index is 10.9. The third-order valence-electron chi connectivity index (χ3n) is 2.29. The van der Waals surface area contributed by atoms with Gasteiger partial charge in [0, 0.05) is 5.56 Å². The Morgan fingerprint density at radius 1 is 1.15 bits per heavy atom. The van der Waals surface area contributed by atoms with E-state index in [1.165, 1.54) is 27.5 Å². The molecule has 1 aromatic carbocycles. The van der Waals surface area contributed by atoms with Crippen molar-refractivity contribution in [3.63, 3.8) is 0 Å². The number of carbonyl (C=O) groups is 2. The Morgan fingerprint density at radius 2 is 1.70 bits per heavy atom. The third-order valence-corrected chi connectivity index (χ3v) is 2.29. The maximum Gasteiger partial charge on any atom is 0.329 e. The van der Waals surface area contributed by atoms with E-state index in [4.69, 9.17) is 19.9 Å². The second-order valence-electron chi connectivity index (χ2n) is 3.52. The lowest BCUT2D eigenvalue weighted by atomic mass is 10.2. The van der Waals surface area contributed by atoms with Gasteiger partial charge in [-0.3, -0.25) is 9.59 Å². The van der Waals surface area contributed by atoms with Gasteiger partial charge in [-0.1, -0.05) is 0 Å². The third kappa shape index (κ3) is 3.61. The summed E-state index contributed by atoms with van der Waals surface area (Å²) in [5.74, 6) is -0.807. The van der Waals surface area contributed by atoms with Gasteiger partial charge in [0.15, 0.2) is 11.5 Å². The topological polar surface area (TPSA) is 112 Å². The lowest BCUT2D eigenvalue weighted by molar-refractivity contribution is -0.137. The SMILES string of the molecule is COc1cc(/C=N\NC(=O)C(N)=O)cc(OC)c1OC. The summed E-state index contributed by atoms with van der Waals surface area (Å²) in [6.45, 7) is 0. The molecule has 0 aliphatic rings. The molecule has 2 amide bonds. The molecule has 1 aromatic rings. The number of nitrogens with zero attached hydrogens (tertiary/aromatic N) is 1. The Labute approximate surface area is 115 Å². The molecule has 3 N–H and O–H groups in total. The van der Waals surface area contributed by atoms with Crippen LogP contribution in [0.2, 0.25) is 0 Å². The number of carbonyl (C=O) groups excluding carboxylic acids is 2. The summed E-state index contributed by atoms with van der Waals surface area (Å²) in [5.41, 5.74) is 7.31. The van der Waals surface area contributed by atoms with E-state index >= 15 is 0 Å². The summed E-state index contributed by atoms with van der Waals surface area (Å²) in [7, 11) is 4.45. The van der Waals surface area contributed by atoms with E-state index in [0.717, 1.165) is 0 Å². The van der Waals surface area contributed by atoms with Gasteiger partial charge in [0.1, 0.15) is 0 Å². The van der Waals surface area contributed by atoms with Crippen LogP contribution in [0.5, 0.6) is 17.2 Å². The van der Waals surface area contributed by atoms with Crippen molar-refractivity contribution in [2.45, 2.75) is 0 Å². The van der Waals surface area contributed by atoms with Gasteiger partial charge >= 0.3 is 11.8 Å². The predicted octanol–water partition coefficient (Wildman–Crippen LogP) is -0.352. The maximum absolute atomic E-state index is 10.9. The van der Waals surface area contributed by atoms with Gasteiger partial charge in [-0.05, 0) is 12.1 Å². The summed E-state index contributed by atoms with van der Waals surface area (Å²) >= 11 is 0. The molecule has 8 heteroatoms. The highest BCUT2D eigenvalue weighted by molar-refractivity contribution is 6.34. The Morgan fingerprint density at radius 3 is 2.10 bits per heavy atom. The molecule has 0 unspecified atom stereocenters. The molecular formula is C12H15N3O5. The number of amides is 2. The summed E-state index contributed by atoms with van der Waals surface area (Å²) in [6.07, 6.45) is 1.31. The average Bonchev–Trinajstić information content (AvgIpc) is 2.45. The van der Waals surface area contributed by atoms with Crippen molar-refractivity contribution in [2.75, 3.05) is 21.3 Å². The van der Waals surface area contributed by atoms with Gasteiger partial charge in [0.05, 0.1) is 27.5 Å². The molecule has 108 valence electrons. The number of hydrogen-bond donors (Lipinski definition) is 2. The first-order valence-corrected chi connectivity index (χ1v) is 5.46. The number of hydrogen-bond acceptors (Lipinski definition) is 6. The van der Waals surface area contributed by atoms with E-state index in [-0.39, 0.29) is 0 Å². The second-order valence-corrected chi connectivity index (χ2v) is 3.52. The predicted molar refractivity (Wildman–Crippen MR) is 71.0 cm³/mol. The van der Waals surface area contributed by atoms with Crippen molar-refractivity contribution < 1.29 is 23.8 Å². The Hall–Kier alpha value is -2.77. The summed E-state index contributed by atoms with van der Waals surface area (Å²) in [4.78, 5) is 21.4. The molecule has 0 saturated heterocycles. The number of nitrogens with one attached hydrogen (secondary N) is 1. The van der Waals surface area contributed by atoms with Gasteiger partial charge in [-0.25, -0.2) is 5.43 Å². The Balaban J connectivity index is 2.99. The molecule has 20 heavy (non-hydrogen) atoms. The van der Waals surface area contributed by atoms with Gasteiger partial charge in [-0.2, -0.15) is 5.10 Å². The number of ether oxygens (including phenoxy) is 3. The minimum atomic E-state index is -1.12. The highest BCUT2D eigenvalue weighted by atomic mass is 16.5. The van der Waals surface area contributed by atoms with Gasteiger partial charge in [0.25, 0.3) is 0 Å². The molecule has 0 saturated carbocycles. The summed E-state index contributed by atoms with van der Waals surface area (Å²) in [5, 5.41) is 3.59. The van der Waals surface area contributed by atoms with Crippen LogP contribution in [0, 0.1) is 0 Å². The zero-order valence-electron chi connectivity index (χ0n) is 11.3. The number of rotatable bonds is 5. The van der Waals surface area contributed by atoms with E-state index < -0.39 is 11.8 Å². The van der Waals surface area contributed by atoms with E-state index in [1.54, 1.807) is 12.1 Å². The van der Waals surface area contributed by atoms with Crippen molar-refractivity contribution in [3.05, 3.63) is 17.7 Å². The smallest absolute Gasteiger partial charge is 0.329 e. The van der Waals surface area contributed by atoms with Crippen molar-refractivity contribution in [1.29, 1.82) is 0 Å². The van der Waals surface area contributed by atoms with Crippen molar-refractivity contribution in [2.24, 2.45) is 10.8 Å². The standard InChI is InChI=1S/C12H15N3O5/c1-18-8-4-7(5-9(19-2)10(8)20-3)6-14-15-12(17)11(13)16/h4-6H,1-3H3,(H2,13,16)(H,15,17)/b14-6-. The molecule has 0 bridgehead atoms. The summed E-state index contributed by atoms with van der Waals surface area (Å²) in [6, 6.07) is 3.25. The van der Waals surface area contributed by atoms with Crippen molar-refractivity contribution in [1.82, 2.24) is 5.43 Å². The van der Waals surface area contributed by atoms with E-state index in [2.05, 4.69) is 5.10 Å². The first kappa shape index (κ1) is 15.3. The number of nitrogens with two attached hydrogens (primary N) is 1. The average molecular weight is 281 g/mol. The fraction of sp³-hybridized carbons (Fsp3) is 0.250. The van der Waals surface area contributed by atoms with Crippen LogP contribution in [-0.4, -0.2) is 39.4 Å². The molecule has 0 fully saturated rings. The van der Waals surface area contributed by atoms with Crippen LogP contribution in [0.15, 0.2) is 17.2 Å². The van der Waals surface area contributed by atoms with Gasteiger partial charge in [0.2, 0.25) is 5.75 Å². The number of primary amides is 1. The lowest BCUT2D eigenvalue weighted by Gasteiger charge is -2.12. The van der Waals surface area contributed by atoms with Crippen LogP contribution in [0.1, 0.15) is 5.56 Å². The molecule has 0 aliphatic heterocycles. The number of benzene rings is 1. The minimum absolute atomic E-state index is 0.438. The molecule has 0 atom stereocenters. The molecule has 8 nitrogen and oxygen atoms in total. The van der Waals surface area contributed by atoms with Gasteiger partial charge < -0.3 is 19.9 Å². The first-order valence-electron chi connectivity index (χ1n) is 5.46. The van der Waals surface area contributed by atoms with E-state index in [9.17, 15) is 9.59 Å². The molecule has 0 radical (unpaired) electrons. The Kier molecular flexibility index (Phi) is 5.33. The molecule has 0 heterocycles. The van der Waals surface area contributed by atoms with E-state index in [0.29, 0.717) is 22.8 Å². The van der Waals surface area contributed by atoms with Crippen LogP contribution in [0.3, 0.4) is 0 Å². The van der Waals surface area contributed by atoms with Crippen LogP contribution in [-0.2, 0) is 9.59 Å². The highest BCUT2D eigenvalue weighted by Crippen LogP contribution is 2.37. The highest BCUT2D eigenvalue weighted by Gasteiger charge is 2.12. The van der Waals surface area contributed by atoms with Crippen LogP contribution < -0.4 is 25.4 Å². The summed E-state index contributed by atoms with van der Waals surface area (Å²) < 4.78 is 15.5. The molecule has 0 spiro atoms. The van der Waals surface area contributed by atoms with Crippen molar-refractivity contribution >= 4 is 18.0 Å². The second kappa shape index (κ2) is 6.98. The lowest BCUT2D eigenvalue weighted by Crippen LogP contribution is -2.32. The van der Waals surface area contributed by atoms with E-state index in [1.807, 2.05) is 5.43 Å². The number of hydrazone groups is 1. The number of methoxy groups -OCH3 is 3. The van der Waals surface area contributed by atoms with Crippen LogP contribution in [0.25, 0.3) is 0 Å². The van der Waals surface area contributed by atoms with Crippen LogP contribution >= 0.6 is 0 Å². The first-order chi connectivity index (χ1) is 9.53. The normalized spacial score (nSPS) is 10.2. The molecule has 0 aromatic heterocycles. The Bertz CT molecular complexity index is 517. The monoisotopic (exact) mass is 281 g/mol. The fourth-order valence-corrected chi connectivity index (χ4v) is 1.40. The fourth-order valence-electron chi connectivity index (χ4n) is 1.40. The minimum Gasteiger partial charge on any atom is -0.493 e. The largest absolute Gasteiger partial charge is 0.493 e. The molecular weight excluding hydrogens is 266 g/mol. The van der Waals surface area contributed by atoms with Gasteiger partial charge in [-0.15, -0.1) is 0 Å². The van der Waals surface area contributed by atoms with Crippen LogP contribution in [0.4, 0.5) is 0 Å². The molecule has 0 aliphatic carbocycles. The van der Waals surface area contributed by atoms with Crippen molar-refractivity contribution in [3.8, 4) is 17.2 Å².